The van der Waals surface area contributed by atoms with Gasteiger partial charge in [0.1, 0.15) is 0 Å². The molecule has 2 aliphatic heterocycles. The van der Waals surface area contributed by atoms with Gasteiger partial charge in [0.25, 0.3) is 0 Å². The van der Waals surface area contributed by atoms with Crippen molar-refractivity contribution >= 4 is 18.3 Å². The summed E-state index contributed by atoms with van der Waals surface area (Å²) in [5, 5.41) is 3.29. The van der Waals surface area contributed by atoms with Gasteiger partial charge in [0.15, 0.2) is 0 Å². The Kier molecular flexibility index (Phi) is 6.71. The van der Waals surface area contributed by atoms with Crippen LogP contribution in [0.1, 0.15) is 31.2 Å². The van der Waals surface area contributed by atoms with Gasteiger partial charge in [0.05, 0.1) is 5.92 Å². The fourth-order valence-electron chi connectivity index (χ4n) is 3.58. The van der Waals surface area contributed by atoms with Gasteiger partial charge in [-0.2, -0.15) is 0 Å². The van der Waals surface area contributed by atoms with E-state index in [1.54, 1.807) is 0 Å². The average molecular weight is 323 g/mol. The number of carbonyl (C=O) groups is 1. The van der Waals surface area contributed by atoms with E-state index in [0.717, 1.165) is 38.5 Å². The van der Waals surface area contributed by atoms with Crippen molar-refractivity contribution in [3.63, 3.8) is 0 Å². The van der Waals surface area contributed by atoms with Crippen LogP contribution in [0.5, 0.6) is 0 Å². The summed E-state index contributed by atoms with van der Waals surface area (Å²) in [6.45, 7) is 3.82. The molecule has 1 unspecified atom stereocenters. The van der Waals surface area contributed by atoms with Crippen molar-refractivity contribution < 1.29 is 4.79 Å². The molecule has 0 aliphatic carbocycles. The number of rotatable bonds is 4. The van der Waals surface area contributed by atoms with E-state index in [1.165, 1.54) is 31.2 Å². The predicted octanol–water partition coefficient (Wildman–Crippen LogP) is 2.89. The third-order valence-corrected chi connectivity index (χ3v) is 5.02. The molecule has 1 atom stereocenters. The van der Waals surface area contributed by atoms with Crippen molar-refractivity contribution in [3.8, 4) is 0 Å². The van der Waals surface area contributed by atoms with Crippen molar-refractivity contribution in [2.45, 2.75) is 32.1 Å². The monoisotopic (exact) mass is 322 g/mol. The second kappa shape index (κ2) is 8.54. The molecule has 0 spiro atoms. The summed E-state index contributed by atoms with van der Waals surface area (Å²) in [5.41, 5.74) is 1.44. The summed E-state index contributed by atoms with van der Waals surface area (Å²) >= 11 is 0. The van der Waals surface area contributed by atoms with Crippen molar-refractivity contribution in [2.24, 2.45) is 11.8 Å². The van der Waals surface area contributed by atoms with Crippen LogP contribution >= 0.6 is 12.4 Å². The molecule has 1 aromatic carbocycles. The van der Waals surface area contributed by atoms with Crippen LogP contribution in [0.2, 0.25) is 0 Å². The number of carbonyl (C=O) groups excluding carboxylic acids is 1. The minimum absolute atomic E-state index is 0. The first-order valence-electron chi connectivity index (χ1n) is 8.36. The van der Waals surface area contributed by atoms with Crippen LogP contribution in [-0.2, 0) is 11.2 Å². The van der Waals surface area contributed by atoms with E-state index in [0.29, 0.717) is 5.91 Å². The highest BCUT2D eigenvalue weighted by atomic mass is 35.5. The molecular formula is C18H27ClN2O. The average Bonchev–Trinajstić information content (AvgIpc) is 3.08. The SMILES string of the molecule is Cl.O=C(C1CCNC1)N1CCC(CCc2ccccc2)CC1. The van der Waals surface area contributed by atoms with E-state index in [2.05, 4.69) is 40.5 Å². The Bertz CT molecular complexity index is 451. The van der Waals surface area contributed by atoms with E-state index in [-0.39, 0.29) is 18.3 Å². The van der Waals surface area contributed by atoms with E-state index < -0.39 is 0 Å². The maximum atomic E-state index is 12.4. The van der Waals surface area contributed by atoms with E-state index in [9.17, 15) is 4.79 Å². The zero-order valence-electron chi connectivity index (χ0n) is 13.2. The van der Waals surface area contributed by atoms with Gasteiger partial charge < -0.3 is 10.2 Å². The van der Waals surface area contributed by atoms with Gasteiger partial charge in [0.2, 0.25) is 5.91 Å². The minimum atomic E-state index is 0. The summed E-state index contributed by atoms with van der Waals surface area (Å²) < 4.78 is 0. The smallest absolute Gasteiger partial charge is 0.227 e. The van der Waals surface area contributed by atoms with Gasteiger partial charge in [0, 0.05) is 19.6 Å². The molecule has 2 heterocycles. The Hall–Kier alpha value is -1.06. The maximum absolute atomic E-state index is 12.4. The second-order valence-electron chi connectivity index (χ2n) is 6.48. The number of halogens is 1. The quantitative estimate of drug-likeness (QED) is 0.924. The van der Waals surface area contributed by atoms with Crippen molar-refractivity contribution in [1.82, 2.24) is 10.2 Å². The van der Waals surface area contributed by atoms with Gasteiger partial charge in [-0.3, -0.25) is 4.79 Å². The molecule has 0 bridgehead atoms. The molecule has 0 radical (unpaired) electrons. The van der Waals surface area contributed by atoms with Crippen molar-refractivity contribution in [2.75, 3.05) is 26.2 Å². The lowest BCUT2D eigenvalue weighted by Crippen LogP contribution is -2.42. The van der Waals surface area contributed by atoms with Crippen molar-refractivity contribution in [1.29, 1.82) is 0 Å². The standard InChI is InChI=1S/C18H26N2O.ClH/c21-18(17-8-11-19-14-17)20-12-9-16(10-13-20)7-6-15-4-2-1-3-5-15;/h1-5,16-17,19H,6-14H2;1H. The molecule has 22 heavy (non-hydrogen) atoms. The first-order valence-corrected chi connectivity index (χ1v) is 8.36. The fraction of sp³-hybridized carbons (Fsp3) is 0.611. The molecule has 3 nitrogen and oxygen atoms in total. The number of likely N-dealkylation sites (tertiary alicyclic amines) is 1. The highest BCUT2D eigenvalue weighted by Gasteiger charge is 2.29. The second-order valence-corrected chi connectivity index (χ2v) is 6.48. The van der Waals surface area contributed by atoms with Gasteiger partial charge in [-0.05, 0) is 50.1 Å². The number of nitrogens with one attached hydrogen (secondary N) is 1. The number of nitrogens with zero attached hydrogens (tertiary/aromatic N) is 1. The highest BCUT2D eigenvalue weighted by Crippen LogP contribution is 2.24. The molecule has 0 saturated carbocycles. The molecule has 1 aromatic rings. The zero-order valence-corrected chi connectivity index (χ0v) is 14.0. The first-order chi connectivity index (χ1) is 10.3. The number of benzene rings is 1. The third kappa shape index (κ3) is 4.47. The van der Waals surface area contributed by atoms with Crippen LogP contribution in [-0.4, -0.2) is 37.0 Å². The van der Waals surface area contributed by atoms with E-state index in [1.807, 2.05) is 0 Å². The number of aryl methyl sites for hydroxylation is 1. The van der Waals surface area contributed by atoms with Crippen LogP contribution in [0, 0.1) is 11.8 Å². The van der Waals surface area contributed by atoms with Crippen LogP contribution in [0.3, 0.4) is 0 Å². The molecule has 3 rings (SSSR count). The number of hydrogen-bond donors (Lipinski definition) is 1. The Morgan fingerprint density at radius 3 is 2.50 bits per heavy atom. The fourth-order valence-corrected chi connectivity index (χ4v) is 3.58. The maximum Gasteiger partial charge on any atom is 0.227 e. The minimum Gasteiger partial charge on any atom is -0.342 e. The summed E-state index contributed by atoms with van der Waals surface area (Å²) in [6.07, 6.45) is 5.81. The number of amides is 1. The highest BCUT2D eigenvalue weighted by molar-refractivity contribution is 5.85. The Labute approximate surface area is 139 Å². The van der Waals surface area contributed by atoms with Gasteiger partial charge in [-0.1, -0.05) is 30.3 Å². The molecule has 0 aromatic heterocycles. The van der Waals surface area contributed by atoms with E-state index >= 15 is 0 Å². The summed E-state index contributed by atoms with van der Waals surface area (Å²) in [6, 6.07) is 10.7. The first kappa shape index (κ1) is 17.3. The number of hydrogen-bond acceptors (Lipinski definition) is 2. The predicted molar refractivity (Wildman–Crippen MR) is 92.3 cm³/mol. The Morgan fingerprint density at radius 1 is 1.14 bits per heavy atom. The van der Waals surface area contributed by atoms with Gasteiger partial charge in [-0.25, -0.2) is 0 Å². The third-order valence-electron chi connectivity index (χ3n) is 5.02. The van der Waals surface area contributed by atoms with Gasteiger partial charge >= 0.3 is 0 Å². The molecule has 2 saturated heterocycles. The lowest BCUT2D eigenvalue weighted by Gasteiger charge is -2.33. The number of piperidine rings is 1. The largest absolute Gasteiger partial charge is 0.342 e. The lowest BCUT2D eigenvalue weighted by molar-refractivity contribution is -0.136. The molecule has 1 N–H and O–H groups in total. The molecule has 4 heteroatoms. The topological polar surface area (TPSA) is 32.3 Å². The van der Waals surface area contributed by atoms with Crippen LogP contribution in [0.25, 0.3) is 0 Å². The van der Waals surface area contributed by atoms with Crippen LogP contribution < -0.4 is 5.32 Å². The molecule has 2 fully saturated rings. The summed E-state index contributed by atoms with van der Waals surface area (Å²) in [5.74, 6) is 1.42. The Morgan fingerprint density at radius 2 is 1.86 bits per heavy atom. The van der Waals surface area contributed by atoms with Gasteiger partial charge in [-0.15, -0.1) is 12.4 Å². The van der Waals surface area contributed by atoms with Crippen LogP contribution in [0.15, 0.2) is 30.3 Å². The van der Waals surface area contributed by atoms with Crippen LogP contribution in [0.4, 0.5) is 0 Å². The summed E-state index contributed by atoms with van der Waals surface area (Å²) in [7, 11) is 0. The Balaban J connectivity index is 0.00000176. The normalized spacial score (nSPS) is 22.4. The molecule has 122 valence electrons. The molecule has 2 aliphatic rings. The zero-order chi connectivity index (χ0) is 14.5. The molecule has 1 amide bonds. The molecular weight excluding hydrogens is 296 g/mol. The van der Waals surface area contributed by atoms with E-state index in [4.69, 9.17) is 0 Å². The van der Waals surface area contributed by atoms with Crippen molar-refractivity contribution in [3.05, 3.63) is 35.9 Å². The summed E-state index contributed by atoms with van der Waals surface area (Å²) in [4.78, 5) is 14.5. The lowest BCUT2D eigenvalue weighted by atomic mass is 9.90.